The van der Waals surface area contributed by atoms with E-state index in [9.17, 15) is 4.79 Å². The molecule has 1 aliphatic carbocycles. The Labute approximate surface area is 155 Å². The van der Waals surface area contributed by atoms with Crippen molar-refractivity contribution in [2.45, 2.75) is 37.4 Å². The Morgan fingerprint density at radius 3 is 3.00 bits per heavy atom. The summed E-state index contributed by atoms with van der Waals surface area (Å²) in [5.74, 6) is 0.186. The summed E-state index contributed by atoms with van der Waals surface area (Å²) in [5.41, 5.74) is 1.65. The number of hydrogen-bond donors (Lipinski definition) is 0. The fourth-order valence-corrected chi connectivity index (χ4v) is 3.48. The molecule has 1 aromatic carbocycles. The first-order valence-electron chi connectivity index (χ1n) is 8.06. The van der Waals surface area contributed by atoms with Gasteiger partial charge in [0.2, 0.25) is 5.91 Å². The zero-order chi connectivity index (χ0) is 17.8. The first-order valence-corrected chi connectivity index (χ1v) is 9.42. The van der Waals surface area contributed by atoms with E-state index in [1.165, 1.54) is 11.8 Å². The molecule has 0 aliphatic heterocycles. The number of hydrogen-bond acceptors (Lipinski definition) is 5. The van der Waals surface area contributed by atoms with Gasteiger partial charge in [0.1, 0.15) is 6.33 Å². The Balaban J connectivity index is 1.71. The average Bonchev–Trinajstić information content (AvgIpc) is 3.34. The largest absolute Gasteiger partial charge is 0.311 e. The summed E-state index contributed by atoms with van der Waals surface area (Å²) in [7, 11) is 0. The summed E-state index contributed by atoms with van der Waals surface area (Å²) >= 11 is 7.46. The first kappa shape index (κ1) is 17.8. The van der Waals surface area contributed by atoms with Crippen molar-refractivity contribution >= 4 is 35.0 Å². The average molecular weight is 376 g/mol. The minimum atomic E-state index is -0.0627. The topological polar surface area (TPSA) is 74.8 Å². The van der Waals surface area contributed by atoms with Gasteiger partial charge in [-0.3, -0.25) is 4.79 Å². The van der Waals surface area contributed by atoms with E-state index in [1.54, 1.807) is 17.3 Å². The van der Waals surface area contributed by atoms with Crippen molar-refractivity contribution in [2.24, 2.45) is 0 Å². The molecule has 3 rings (SSSR count). The van der Waals surface area contributed by atoms with Crippen molar-refractivity contribution < 1.29 is 4.79 Å². The Kier molecular flexibility index (Phi) is 5.61. The van der Waals surface area contributed by atoms with E-state index in [4.69, 9.17) is 16.9 Å². The predicted octanol–water partition coefficient (Wildman–Crippen LogP) is 3.61. The first-order chi connectivity index (χ1) is 12.1. The molecule has 25 heavy (non-hydrogen) atoms. The minimum absolute atomic E-state index is 0.0627. The quantitative estimate of drug-likeness (QED) is 0.691. The molecule has 0 atom stereocenters. The highest BCUT2D eigenvalue weighted by molar-refractivity contribution is 7.99. The molecule has 130 valence electrons. The van der Waals surface area contributed by atoms with Crippen LogP contribution in [-0.4, -0.2) is 33.0 Å². The predicted molar refractivity (Wildman–Crippen MR) is 97.8 cm³/mol. The van der Waals surface area contributed by atoms with E-state index in [-0.39, 0.29) is 18.1 Å². The van der Waals surface area contributed by atoms with Crippen molar-refractivity contribution in [3.05, 3.63) is 35.1 Å². The molecule has 0 N–H and O–H groups in total. The van der Waals surface area contributed by atoms with Gasteiger partial charge in [-0.25, -0.2) is 0 Å². The highest BCUT2D eigenvalue weighted by Crippen LogP contribution is 2.37. The van der Waals surface area contributed by atoms with Crippen LogP contribution in [0.4, 0.5) is 5.69 Å². The van der Waals surface area contributed by atoms with Gasteiger partial charge in [-0.1, -0.05) is 23.4 Å². The molecule has 1 aromatic heterocycles. The molecule has 0 unspecified atom stereocenters. The summed E-state index contributed by atoms with van der Waals surface area (Å²) in [6, 6.07) is 8.02. The number of amides is 1. The lowest BCUT2D eigenvalue weighted by molar-refractivity contribution is -0.116. The number of carbonyl (C=O) groups excluding carboxylic acids is 1. The highest BCUT2D eigenvalue weighted by atomic mass is 35.5. The molecule has 0 spiro atoms. The smallest absolute Gasteiger partial charge is 0.237 e. The van der Waals surface area contributed by atoms with E-state index in [0.717, 1.165) is 29.2 Å². The maximum Gasteiger partial charge on any atom is 0.237 e. The summed E-state index contributed by atoms with van der Waals surface area (Å²) in [6.45, 7) is 2.25. The fraction of sp³-hybridized carbons (Fsp3) is 0.412. The number of nitrogens with zero attached hydrogens (tertiary/aromatic N) is 5. The van der Waals surface area contributed by atoms with Gasteiger partial charge in [0.25, 0.3) is 0 Å². The number of anilines is 1. The van der Waals surface area contributed by atoms with Crippen LogP contribution in [0.15, 0.2) is 29.7 Å². The number of halogens is 1. The second kappa shape index (κ2) is 7.89. The van der Waals surface area contributed by atoms with E-state index >= 15 is 0 Å². The van der Waals surface area contributed by atoms with Crippen LogP contribution in [0.1, 0.15) is 30.9 Å². The lowest BCUT2D eigenvalue weighted by atomic mass is 10.2. The molecule has 1 fully saturated rings. The van der Waals surface area contributed by atoms with E-state index in [0.29, 0.717) is 17.6 Å². The van der Waals surface area contributed by atoms with Gasteiger partial charge in [0.15, 0.2) is 5.16 Å². The Morgan fingerprint density at radius 1 is 1.52 bits per heavy atom. The standard InChI is InChI=1S/C17H18ClN5OS/c1-12-9-14(5-6-15(12)18)22(8-2-7-19)16(24)10-25-17-21-20-11-23(17)13-3-4-13/h5-6,9,11,13H,2-4,8,10H2,1H3. The zero-order valence-electron chi connectivity index (χ0n) is 13.9. The van der Waals surface area contributed by atoms with E-state index < -0.39 is 0 Å². The van der Waals surface area contributed by atoms with Crippen LogP contribution < -0.4 is 4.90 Å². The van der Waals surface area contributed by atoms with Crippen molar-refractivity contribution in [1.82, 2.24) is 14.8 Å². The molecule has 2 aromatic rings. The maximum absolute atomic E-state index is 12.7. The van der Waals surface area contributed by atoms with Gasteiger partial charge >= 0.3 is 0 Å². The Hall–Kier alpha value is -2.04. The monoisotopic (exact) mass is 375 g/mol. The Bertz CT molecular complexity index is 812. The molecule has 1 saturated carbocycles. The SMILES string of the molecule is Cc1cc(N(CCC#N)C(=O)CSc2nncn2C2CC2)ccc1Cl. The number of nitriles is 1. The van der Waals surface area contributed by atoms with Crippen molar-refractivity contribution in [2.75, 3.05) is 17.2 Å². The summed E-state index contributed by atoms with van der Waals surface area (Å²) < 4.78 is 2.03. The minimum Gasteiger partial charge on any atom is -0.311 e. The third-order valence-corrected chi connectivity index (χ3v) is 5.37. The van der Waals surface area contributed by atoms with Crippen molar-refractivity contribution in [3.63, 3.8) is 0 Å². The van der Waals surface area contributed by atoms with Gasteiger partial charge < -0.3 is 9.47 Å². The van der Waals surface area contributed by atoms with E-state index in [1.807, 2.05) is 23.6 Å². The molecule has 8 heteroatoms. The number of rotatable bonds is 7. The highest BCUT2D eigenvalue weighted by Gasteiger charge is 2.27. The number of aryl methyl sites for hydroxylation is 1. The van der Waals surface area contributed by atoms with Crippen LogP contribution in [0.3, 0.4) is 0 Å². The van der Waals surface area contributed by atoms with Crippen LogP contribution in [0, 0.1) is 18.3 Å². The molecule has 6 nitrogen and oxygen atoms in total. The molecule has 1 amide bonds. The third-order valence-electron chi connectivity index (χ3n) is 4.01. The molecular weight excluding hydrogens is 358 g/mol. The second-order valence-corrected chi connectivity index (χ2v) is 7.28. The Morgan fingerprint density at radius 2 is 2.32 bits per heavy atom. The van der Waals surface area contributed by atoms with Crippen LogP contribution >= 0.6 is 23.4 Å². The van der Waals surface area contributed by atoms with Crippen LogP contribution in [0.25, 0.3) is 0 Å². The summed E-state index contributed by atoms with van der Waals surface area (Å²) in [6.07, 6.45) is 4.27. The molecule has 0 bridgehead atoms. The fourth-order valence-electron chi connectivity index (χ4n) is 2.50. The second-order valence-electron chi connectivity index (χ2n) is 5.93. The lowest BCUT2D eigenvalue weighted by Gasteiger charge is -2.22. The number of benzene rings is 1. The number of carbonyl (C=O) groups is 1. The van der Waals surface area contributed by atoms with E-state index in [2.05, 4.69) is 16.3 Å². The van der Waals surface area contributed by atoms with Gasteiger partial charge in [-0.2, -0.15) is 5.26 Å². The zero-order valence-corrected chi connectivity index (χ0v) is 15.4. The van der Waals surface area contributed by atoms with Gasteiger partial charge in [-0.15, -0.1) is 10.2 Å². The molecule has 1 aliphatic rings. The molecule has 1 heterocycles. The third kappa shape index (κ3) is 4.33. The van der Waals surface area contributed by atoms with Crippen molar-refractivity contribution in [3.8, 4) is 6.07 Å². The molecule has 0 saturated heterocycles. The molecule has 0 radical (unpaired) electrons. The number of aromatic nitrogens is 3. The van der Waals surface area contributed by atoms with Gasteiger partial charge in [0.05, 0.1) is 18.2 Å². The van der Waals surface area contributed by atoms with Gasteiger partial charge in [-0.05, 0) is 43.5 Å². The summed E-state index contributed by atoms with van der Waals surface area (Å²) in [4.78, 5) is 14.4. The maximum atomic E-state index is 12.7. The van der Waals surface area contributed by atoms with Crippen LogP contribution in [-0.2, 0) is 4.79 Å². The van der Waals surface area contributed by atoms with Crippen LogP contribution in [0.2, 0.25) is 5.02 Å². The molecular formula is C17H18ClN5OS. The van der Waals surface area contributed by atoms with Crippen molar-refractivity contribution in [1.29, 1.82) is 5.26 Å². The lowest BCUT2D eigenvalue weighted by Crippen LogP contribution is -2.33. The normalized spacial score (nSPS) is 13.5. The summed E-state index contributed by atoms with van der Waals surface area (Å²) in [5, 5.41) is 18.4. The number of thioether (sulfide) groups is 1. The van der Waals surface area contributed by atoms with Gasteiger partial charge in [0, 0.05) is 23.3 Å². The van der Waals surface area contributed by atoms with Crippen LogP contribution in [0.5, 0.6) is 0 Å².